The molecule has 0 bridgehead atoms. The highest BCUT2D eigenvalue weighted by molar-refractivity contribution is 5.77. The lowest BCUT2D eigenvalue weighted by Crippen LogP contribution is -2.58. The van der Waals surface area contributed by atoms with Crippen molar-refractivity contribution in [3.63, 3.8) is 0 Å². The molecule has 1 amide bonds. The van der Waals surface area contributed by atoms with Crippen molar-refractivity contribution in [3.05, 3.63) is 40.3 Å². The predicted octanol–water partition coefficient (Wildman–Crippen LogP) is 3.22. The standard InChI is InChI=1S/C21H28N4O2/c1-13-17(14(2)27-24-13)7-9-19(26)25-11-5-10-21(4)18(25)8-6-16-12-22-15(3)23-20(16)21/h12,18H,5-11H2,1-4H3/t18-,21-/m1/s1. The Labute approximate surface area is 160 Å². The maximum absolute atomic E-state index is 13.1. The van der Waals surface area contributed by atoms with E-state index in [4.69, 9.17) is 9.51 Å². The Morgan fingerprint density at radius 3 is 2.93 bits per heavy atom. The zero-order valence-electron chi connectivity index (χ0n) is 16.7. The van der Waals surface area contributed by atoms with Gasteiger partial charge in [0.2, 0.25) is 5.91 Å². The van der Waals surface area contributed by atoms with E-state index in [-0.39, 0.29) is 17.4 Å². The van der Waals surface area contributed by atoms with Gasteiger partial charge in [-0.05, 0) is 58.4 Å². The molecule has 2 atom stereocenters. The number of fused-ring (bicyclic) bond motifs is 3. The number of piperidine rings is 1. The van der Waals surface area contributed by atoms with Gasteiger partial charge in [0, 0.05) is 36.2 Å². The topological polar surface area (TPSA) is 72.1 Å². The second kappa shape index (κ2) is 6.73. The van der Waals surface area contributed by atoms with Crippen molar-refractivity contribution in [2.75, 3.05) is 6.54 Å². The van der Waals surface area contributed by atoms with Crippen LogP contribution in [-0.4, -0.2) is 38.5 Å². The molecule has 2 aromatic rings. The average molecular weight is 368 g/mol. The summed E-state index contributed by atoms with van der Waals surface area (Å²) in [6.07, 6.45) is 7.22. The van der Waals surface area contributed by atoms with Crippen LogP contribution in [0.15, 0.2) is 10.7 Å². The van der Waals surface area contributed by atoms with Crippen LogP contribution < -0.4 is 0 Å². The van der Waals surface area contributed by atoms with E-state index >= 15 is 0 Å². The van der Waals surface area contributed by atoms with E-state index in [9.17, 15) is 4.79 Å². The van der Waals surface area contributed by atoms with Gasteiger partial charge < -0.3 is 9.42 Å². The molecule has 1 saturated heterocycles. The monoisotopic (exact) mass is 368 g/mol. The Morgan fingerprint density at radius 1 is 1.37 bits per heavy atom. The molecule has 0 N–H and O–H groups in total. The third-order valence-corrected chi connectivity index (χ3v) is 6.51. The summed E-state index contributed by atoms with van der Waals surface area (Å²) in [6.45, 7) is 8.94. The molecule has 1 fully saturated rings. The lowest BCUT2D eigenvalue weighted by molar-refractivity contribution is -0.137. The fourth-order valence-corrected chi connectivity index (χ4v) is 5.03. The minimum absolute atomic E-state index is 0.0712. The minimum atomic E-state index is -0.0712. The first-order valence-electron chi connectivity index (χ1n) is 9.94. The van der Waals surface area contributed by atoms with Crippen molar-refractivity contribution >= 4 is 5.91 Å². The number of hydrogen-bond acceptors (Lipinski definition) is 5. The van der Waals surface area contributed by atoms with Gasteiger partial charge in [-0.25, -0.2) is 9.97 Å². The molecule has 2 aliphatic rings. The summed E-state index contributed by atoms with van der Waals surface area (Å²) in [4.78, 5) is 24.4. The van der Waals surface area contributed by atoms with Gasteiger partial charge in [0.15, 0.2) is 0 Å². The Hall–Kier alpha value is -2.24. The van der Waals surface area contributed by atoms with Gasteiger partial charge in [-0.2, -0.15) is 0 Å². The molecule has 1 aliphatic carbocycles. The molecule has 144 valence electrons. The molecule has 6 nitrogen and oxygen atoms in total. The number of likely N-dealkylation sites (tertiary alicyclic amines) is 1. The third-order valence-electron chi connectivity index (χ3n) is 6.51. The van der Waals surface area contributed by atoms with E-state index in [1.807, 2.05) is 27.0 Å². The average Bonchev–Trinajstić information content (AvgIpc) is 2.97. The van der Waals surface area contributed by atoms with Crippen molar-refractivity contribution in [2.24, 2.45) is 0 Å². The van der Waals surface area contributed by atoms with Crippen LogP contribution in [0.5, 0.6) is 0 Å². The normalized spacial score (nSPS) is 24.4. The fraction of sp³-hybridized carbons (Fsp3) is 0.619. The highest BCUT2D eigenvalue weighted by Gasteiger charge is 2.48. The summed E-state index contributed by atoms with van der Waals surface area (Å²) in [6, 6.07) is 0.227. The summed E-state index contributed by atoms with van der Waals surface area (Å²) >= 11 is 0. The lowest BCUT2D eigenvalue weighted by atomic mass is 9.65. The molecule has 2 aromatic heterocycles. The van der Waals surface area contributed by atoms with E-state index in [1.54, 1.807) is 0 Å². The van der Waals surface area contributed by atoms with Gasteiger partial charge in [0.25, 0.3) is 0 Å². The summed E-state index contributed by atoms with van der Waals surface area (Å²) in [5.74, 6) is 1.88. The largest absolute Gasteiger partial charge is 0.361 e. The third kappa shape index (κ3) is 3.05. The van der Waals surface area contributed by atoms with Gasteiger partial charge in [-0.1, -0.05) is 12.1 Å². The molecule has 0 spiro atoms. The van der Waals surface area contributed by atoms with E-state index in [0.717, 1.165) is 60.8 Å². The molecule has 27 heavy (non-hydrogen) atoms. The molecule has 0 radical (unpaired) electrons. The van der Waals surface area contributed by atoms with Gasteiger partial charge in [0.05, 0.1) is 11.4 Å². The van der Waals surface area contributed by atoms with E-state index in [1.165, 1.54) is 5.56 Å². The first-order valence-corrected chi connectivity index (χ1v) is 9.94. The molecule has 0 saturated carbocycles. The lowest BCUT2D eigenvalue weighted by Gasteiger charge is -2.51. The summed E-state index contributed by atoms with van der Waals surface area (Å²) in [5.41, 5.74) is 4.31. The van der Waals surface area contributed by atoms with Crippen LogP contribution in [0.2, 0.25) is 0 Å². The molecule has 3 heterocycles. The zero-order valence-corrected chi connectivity index (χ0v) is 16.7. The number of amides is 1. The van der Waals surface area contributed by atoms with Crippen LogP contribution in [0, 0.1) is 20.8 Å². The first kappa shape index (κ1) is 18.1. The number of hydrogen-bond donors (Lipinski definition) is 0. The number of rotatable bonds is 3. The number of nitrogens with zero attached hydrogens (tertiary/aromatic N) is 4. The second-order valence-corrected chi connectivity index (χ2v) is 8.26. The molecular weight excluding hydrogens is 340 g/mol. The Balaban J connectivity index is 1.55. The minimum Gasteiger partial charge on any atom is -0.361 e. The Morgan fingerprint density at radius 2 is 2.19 bits per heavy atom. The van der Waals surface area contributed by atoms with Gasteiger partial charge in [-0.3, -0.25) is 4.79 Å². The van der Waals surface area contributed by atoms with E-state index in [2.05, 4.69) is 22.0 Å². The smallest absolute Gasteiger partial charge is 0.223 e. The second-order valence-electron chi connectivity index (χ2n) is 8.26. The van der Waals surface area contributed by atoms with E-state index < -0.39 is 0 Å². The number of carbonyl (C=O) groups excluding carboxylic acids is 1. The van der Waals surface area contributed by atoms with Crippen molar-refractivity contribution in [1.29, 1.82) is 0 Å². The zero-order chi connectivity index (χ0) is 19.2. The van der Waals surface area contributed by atoms with Crippen molar-refractivity contribution in [2.45, 2.75) is 77.7 Å². The van der Waals surface area contributed by atoms with E-state index in [0.29, 0.717) is 12.8 Å². The highest BCUT2D eigenvalue weighted by Crippen LogP contribution is 2.44. The maximum Gasteiger partial charge on any atom is 0.223 e. The predicted molar refractivity (Wildman–Crippen MR) is 101 cm³/mol. The molecule has 4 rings (SSSR count). The molecule has 0 aromatic carbocycles. The Kier molecular flexibility index (Phi) is 4.52. The quantitative estimate of drug-likeness (QED) is 0.832. The van der Waals surface area contributed by atoms with Gasteiger partial charge in [-0.15, -0.1) is 0 Å². The molecular formula is C21H28N4O2. The van der Waals surface area contributed by atoms with Crippen LogP contribution in [0.4, 0.5) is 0 Å². The van der Waals surface area contributed by atoms with Crippen molar-refractivity contribution in [1.82, 2.24) is 20.0 Å². The fourth-order valence-electron chi connectivity index (χ4n) is 5.03. The molecule has 1 aliphatic heterocycles. The van der Waals surface area contributed by atoms with Crippen LogP contribution in [-0.2, 0) is 23.1 Å². The van der Waals surface area contributed by atoms with Gasteiger partial charge in [0.1, 0.15) is 11.6 Å². The number of aromatic nitrogens is 3. The van der Waals surface area contributed by atoms with Crippen LogP contribution in [0.25, 0.3) is 0 Å². The van der Waals surface area contributed by atoms with Crippen LogP contribution in [0.3, 0.4) is 0 Å². The number of carbonyl (C=O) groups is 1. The van der Waals surface area contributed by atoms with Crippen molar-refractivity contribution < 1.29 is 9.32 Å². The first-order chi connectivity index (χ1) is 12.9. The summed E-state index contributed by atoms with van der Waals surface area (Å²) in [7, 11) is 0. The Bertz CT molecular complexity index is 856. The van der Waals surface area contributed by atoms with Gasteiger partial charge >= 0.3 is 0 Å². The molecule has 0 unspecified atom stereocenters. The van der Waals surface area contributed by atoms with Crippen molar-refractivity contribution in [3.8, 4) is 0 Å². The highest BCUT2D eigenvalue weighted by atomic mass is 16.5. The van der Waals surface area contributed by atoms with Crippen LogP contribution in [0.1, 0.15) is 66.7 Å². The summed E-state index contributed by atoms with van der Waals surface area (Å²) < 4.78 is 5.24. The SMILES string of the molecule is Cc1ncc2c(n1)[C@]1(C)CCCN(C(=O)CCc3c(C)noc3C)[C@@H]1CC2. The maximum atomic E-state index is 13.1. The van der Waals surface area contributed by atoms with Crippen LogP contribution >= 0.6 is 0 Å². The molecule has 6 heteroatoms. The number of aryl methyl sites for hydroxylation is 4. The summed E-state index contributed by atoms with van der Waals surface area (Å²) in [5, 5.41) is 4.00.